The van der Waals surface area contributed by atoms with Gasteiger partial charge in [0.1, 0.15) is 0 Å². The van der Waals surface area contributed by atoms with Crippen molar-refractivity contribution in [2.45, 2.75) is 117 Å². The molecule has 0 aliphatic rings. The van der Waals surface area contributed by atoms with Gasteiger partial charge in [-0.15, -0.1) is 12.4 Å². The van der Waals surface area contributed by atoms with Crippen molar-refractivity contribution in [2.75, 3.05) is 20.2 Å². The summed E-state index contributed by atoms with van der Waals surface area (Å²) in [6.07, 6.45) is 22.9. The Morgan fingerprint density at radius 1 is 0.542 bits per heavy atom. The van der Waals surface area contributed by atoms with E-state index in [4.69, 9.17) is 4.84 Å². The van der Waals surface area contributed by atoms with Gasteiger partial charge >= 0.3 is 0 Å². The highest BCUT2D eigenvalue weighted by atomic mass is 35.5. The van der Waals surface area contributed by atoms with Crippen molar-refractivity contribution in [3.8, 4) is 0 Å². The first kappa shape index (κ1) is 26.4. The van der Waals surface area contributed by atoms with Crippen LogP contribution in [-0.2, 0) is 4.84 Å². The van der Waals surface area contributed by atoms with Gasteiger partial charge in [-0.25, -0.2) is 0 Å². The minimum atomic E-state index is 0. The number of unbranched alkanes of at least 4 members (excludes halogenated alkanes) is 15. The topological polar surface area (TPSA) is 12.5 Å². The Hall–Kier alpha value is 0.210. The summed E-state index contributed by atoms with van der Waals surface area (Å²) in [5.74, 6) is 0. The van der Waals surface area contributed by atoms with E-state index in [-0.39, 0.29) is 12.4 Å². The molecule has 0 atom stereocenters. The van der Waals surface area contributed by atoms with Gasteiger partial charge in [-0.2, -0.15) is 5.06 Å². The largest absolute Gasteiger partial charge is 0.300 e. The van der Waals surface area contributed by atoms with E-state index in [1.54, 1.807) is 0 Å². The van der Waals surface area contributed by atoms with Crippen LogP contribution < -0.4 is 0 Å². The third-order valence-corrected chi connectivity index (χ3v) is 4.68. The molecular weight excluding hydrogens is 318 g/mol. The first-order chi connectivity index (χ1) is 11.3. The lowest BCUT2D eigenvalue weighted by Gasteiger charge is -2.14. The van der Waals surface area contributed by atoms with Crippen LogP contribution in [0.15, 0.2) is 0 Å². The Kier molecular flexibility index (Phi) is 25.6. The molecular formula is C21H46ClNO. The third kappa shape index (κ3) is 22.2. The Morgan fingerprint density at radius 2 is 0.875 bits per heavy atom. The molecule has 0 radical (unpaired) electrons. The maximum absolute atomic E-state index is 5.40. The molecule has 0 bridgehead atoms. The van der Waals surface area contributed by atoms with E-state index in [2.05, 4.69) is 6.92 Å². The maximum Gasteiger partial charge on any atom is 0.0656 e. The summed E-state index contributed by atoms with van der Waals surface area (Å²) in [6, 6.07) is 0. The Balaban J connectivity index is 0. The van der Waals surface area contributed by atoms with Crippen molar-refractivity contribution in [1.29, 1.82) is 0 Å². The number of rotatable bonds is 19. The van der Waals surface area contributed by atoms with Crippen LogP contribution in [0.2, 0.25) is 0 Å². The molecule has 3 heteroatoms. The molecule has 0 aromatic carbocycles. The Labute approximate surface area is 159 Å². The van der Waals surface area contributed by atoms with E-state index < -0.39 is 0 Å². The predicted octanol–water partition coefficient (Wildman–Crippen LogP) is 7.55. The van der Waals surface area contributed by atoms with Crippen LogP contribution >= 0.6 is 12.4 Å². The minimum Gasteiger partial charge on any atom is -0.300 e. The predicted molar refractivity (Wildman–Crippen MR) is 111 cm³/mol. The quantitative estimate of drug-likeness (QED) is 0.173. The average Bonchev–Trinajstić information content (AvgIpc) is 2.54. The molecule has 0 aliphatic carbocycles. The number of hydrogen-bond acceptors (Lipinski definition) is 2. The van der Waals surface area contributed by atoms with Gasteiger partial charge < -0.3 is 0 Å². The van der Waals surface area contributed by atoms with E-state index >= 15 is 0 Å². The van der Waals surface area contributed by atoms with E-state index in [0.29, 0.717) is 0 Å². The van der Waals surface area contributed by atoms with Gasteiger partial charge in [-0.05, 0) is 13.3 Å². The number of nitrogens with zero attached hydrogens (tertiary/aromatic N) is 1. The zero-order valence-electron chi connectivity index (χ0n) is 17.0. The highest BCUT2D eigenvalue weighted by Gasteiger charge is 1.97. The van der Waals surface area contributed by atoms with Gasteiger partial charge in [-0.3, -0.25) is 4.84 Å². The van der Waals surface area contributed by atoms with Gasteiger partial charge in [0, 0.05) is 13.6 Å². The van der Waals surface area contributed by atoms with Gasteiger partial charge in [0.2, 0.25) is 0 Å². The summed E-state index contributed by atoms with van der Waals surface area (Å²) in [6.45, 7) is 6.20. The number of halogens is 1. The molecule has 0 spiro atoms. The molecule has 148 valence electrons. The molecule has 0 rings (SSSR count). The van der Waals surface area contributed by atoms with Crippen molar-refractivity contribution < 1.29 is 4.84 Å². The first-order valence-corrected chi connectivity index (χ1v) is 10.6. The second-order valence-corrected chi connectivity index (χ2v) is 7.07. The third-order valence-electron chi connectivity index (χ3n) is 4.68. The van der Waals surface area contributed by atoms with Crippen LogP contribution in [0, 0.1) is 0 Å². The fourth-order valence-electron chi connectivity index (χ4n) is 3.17. The first-order valence-electron chi connectivity index (χ1n) is 10.6. The van der Waals surface area contributed by atoms with Crippen molar-refractivity contribution in [3.05, 3.63) is 0 Å². The van der Waals surface area contributed by atoms with Crippen molar-refractivity contribution in [1.82, 2.24) is 5.06 Å². The molecule has 0 aromatic heterocycles. The fourth-order valence-corrected chi connectivity index (χ4v) is 3.17. The normalized spacial score (nSPS) is 11.0. The highest BCUT2D eigenvalue weighted by Crippen LogP contribution is 2.13. The summed E-state index contributed by atoms with van der Waals surface area (Å²) in [4.78, 5) is 5.40. The monoisotopic (exact) mass is 363 g/mol. The summed E-state index contributed by atoms with van der Waals surface area (Å²) in [5, 5.41) is 1.98. The molecule has 0 N–H and O–H groups in total. The Morgan fingerprint density at radius 3 is 1.21 bits per heavy atom. The molecule has 0 aromatic rings. The van der Waals surface area contributed by atoms with Crippen LogP contribution in [0.25, 0.3) is 0 Å². The molecule has 24 heavy (non-hydrogen) atoms. The zero-order chi connectivity index (χ0) is 17.0. The van der Waals surface area contributed by atoms with Crippen LogP contribution in [0.1, 0.15) is 117 Å². The van der Waals surface area contributed by atoms with Crippen LogP contribution in [-0.4, -0.2) is 25.3 Å². The van der Waals surface area contributed by atoms with E-state index in [9.17, 15) is 0 Å². The molecule has 0 saturated carbocycles. The van der Waals surface area contributed by atoms with Gasteiger partial charge in [0.15, 0.2) is 0 Å². The fraction of sp³-hybridized carbons (Fsp3) is 1.00. The second-order valence-electron chi connectivity index (χ2n) is 7.07. The van der Waals surface area contributed by atoms with E-state index in [0.717, 1.165) is 13.2 Å². The molecule has 0 unspecified atom stereocenters. The molecule has 0 amide bonds. The van der Waals surface area contributed by atoms with Crippen molar-refractivity contribution >= 4 is 12.4 Å². The van der Waals surface area contributed by atoms with Crippen molar-refractivity contribution in [2.24, 2.45) is 0 Å². The van der Waals surface area contributed by atoms with Gasteiger partial charge in [-0.1, -0.05) is 103 Å². The summed E-state index contributed by atoms with van der Waals surface area (Å²) < 4.78 is 0. The minimum absolute atomic E-state index is 0. The van der Waals surface area contributed by atoms with E-state index in [1.165, 1.54) is 103 Å². The molecule has 0 saturated heterocycles. The molecule has 0 aliphatic heterocycles. The lowest BCUT2D eigenvalue weighted by Crippen LogP contribution is -2.19. The summed E-state index contributed by atoms with van der Waals surface area (Å²) >= 11 is 0. The van der Waals surface area contributed by atoms with E-state index in [1.807, 2.05) is 19.0 Å². The maximum atomic E-state index is 5.40. The molecule has 2 nitrogen and oxygen atoms in total. The summed E-state index contributed by atoms with van der Waals surface area (Å²) in [7, 11) is 2.04. The number of hydroxylamine groups is 2. The van der Waals surface area contributed by atoms with Gasteiger partial charge in [0.25, 0.3) is 0 Å². The van der Waals surface area contributed by atoms with Crippen LogP contribution in [0.3, 0.4) is 0 Å². The SMILES string of the molecule is CCCCCCCCCCCCCCCCCCN(C)OCC.Cl. The molecule has 0 fully saturated rings. The molecule has 0 heterocycles. The van der Waals surface area contributed by atoms with Crippen LogP contribution in [0.4, 0.5) is 0 Å². The lowest BCUT2D eigenvalue weighted by atomic mass is 10.0. The number of hydrogen-bond donors (Lipinski definition) is 0. The second kappa shape index (κ2) is 23.2. The van der Waals surface area contributed by atoms with Gasteiger partial charge in [0.05, 0.1) is 6.61 Å². The smallest absolute Gasteiger partial charge is 0.0656 e. The van der Waals surface area contributed by atoms with Crippen LogP contribution in [0.5, 0.6) is 0 Å². The Bertz CT molecular complexity index is 214. The zero-order valence-corrected chi connectivity index (χ0v) is 17.8. The van der Waals surface area contributed by atoms with Crippen molar-refractivity contribution in [3.63, 3.8) is 0 Å². The average molecular weight is 364 g/mol. The lowest BCUT2D eigenvalue weighted by molar-refractivity contribution is -0.135. The summed E-state index contributed by atoms with van der Waals surface area (Å²) in [5.41, 5.74) is 0. The highest BCUT2D eigenvalue weighted by molar-refractivity contribution is 5.85. The standard InChI is InChI=1S/C21H45NO.ClH/c1-4-6-7-8-9-10-11-12-13-14-15-16-17-18-19-20-21-22(3)23-5-2;/h4-21H2,1-3H3;1H.